The second kappa shape index (κ2) is 6.63. The first-order chi connectivity index (χ1) is 10.8. The van der Waals surface area contributed by atoms with Crippen molar-refractivity contribution >= 4 is 12.1 Å². The first-order valence-corrected chi connectivity index (χ1v) is 6.63. The summed E-state index contributed by atoms with van der Waals surface area (Å²) >= 11 is 0. The predicted octanol–water partition coefficient (Wildman–Crippen LogP) is 1.46. The fourth-order valence-electron chi connectivity index (χ4n) is 1.94. The number of aromatic nitrogens is 4. The standard InChI is InChI=1S/C13H15F3N6O/c1-7-4-10(12(14)15)20-22(7)6-11(23)18-17-5-9-8(2)19-21(3)13(9)16/h4-5,12H,6H2,1-3H3,(H,18,23)/b17-5-. The third-order valence-electron chi connectivity index (χ3n) is 3.10. The first-order valence-electron chi connectivity index (χ1n) is 6.63. The van der Waals surface area contributed by atoms with Crippen LogP contribution in [0.4, 0.5) is 13.2 Å². The van der Waals surface area contributed by atoms with Crippen LogP contribution in [0.1, 0.15) is 29.1 Å². The minimum Gasteiger partial charge on any atom is -0.271 e. The number of carbonyl (C=O) groups excluding carboxylic acids is 1. The number of halogens is 3. The van der Waals surface area contributed by atoms with Crippen LogP contribution in [0.2, 0.25) is 0 Å². The highest BCUT2D eigenvalue weighted by atomic mass is 19.3. The number of nitrogens with one attached hydrogen (secondary N) is 1. The lowest BCUT2D eigenvalue weighted by Crippen LogP contribution is -2.24. The van der Waals surface area contributed by atoms with Crippen LogP contribution in [0.3, 0.4) is 0 Å². The molecule has 0 aliphatic carbocycles. The van der Waals surface area contributed by atoms with Crippen LogP contribution in [0.25, 0.3) is 0 Å². The number of aryl methyl sites for hydroxylation is 3. The van der Waals surface area contributed by atoms with Gasteiger partial charge in [0.1, 0.15) is 12.2 Å². The van der Waals surface area contributed by atoms with Gasteiger partial charge in [-0.2, -0.15) is 19.7 Å². The fraction of sp³-hybridized carbons (Fsp3) is 0.385. The maximum atomic E-state index is 13.6. The molecule has 0 aliphatic heterocycles. The summed E-state index contributed by atoms with van der Waals surface area (Å²) in [4.78, 5) is 11.7. The highest BCUT2D eigenvalue weighted by Crippen LogP contribution is 2.17. The van der Waals surface area contributed by atoms with Gasteiger partial charge < -0.3 is 0 Å². The number of nitrogens with zero attached hydrogens (tertiary/aromatic N) is 5. The topological polar surface area (TPSA) is 77.1 Å². The minimum absolute atomic E-state index is 0.156. The lowest BCUT2D eigenvalue weighted by molar-refractivity contribution is -0.121. The van der Waals surface area contributed by atoms with E-state index in [4.69, 9.17) is 0 Å². The van der Waals surface area contributed by atoms with Gasteiger partial charge in [0.25, 0.3) is 12.3 Å². The number of amides is 1. The van der Waals surface area contributed by atoms with Crippen molar-refractivity contribution in [3.8, 4) is 0 Å². The van der Waals surface area contributed by atoms with E-state index in [-0.39, 0.29) is 12.1 Å². The van der Waals surface area contributed by atoms with E-state index in [1.807, 2.05) is 0 Å². The van der Waals surface area contributed by atoms with Crippen LogP contribution in [0, 0.1) is 19.8 Å². The van der Waals surface area contributed by atoms with Gasteiger partial charge in [0.2, 0.25) is 5.95 Å². The number of hydrazone groups is 1. The van der Waals surface area contributed by atoms with E-state index in [0.717, 1.165) is 15.6 Å². The smallest absolute Gasteiger partial charge is 0.271 e. The van der Waals surface area contributed by atoms with E-state index in [0.29, 0.717) is 11.4 Å². The van der Waals surface area contributed by atoms with Gasteiger partial charge in [-0.15, -0.1) is 0 Å². The van der Waals surface area contributed by atoms with Gasteiger partial charge >= 0.3 is 0 Å². The summed E-state index contributed by atoms with van der Waals surface area (Å²) in [6, 6.07) is 1.20. The van der Waals surface area contributed by atoms with Gasteiger partial charge in [0, 0.05) is 12.7 Å². The molecular formula is C13H15F3N6O. The molecule has 0 radical (unpaired) electrons. The van der Waals surface area contributed by atoms with Gasteiger partial charge in [-0.05, 0) is 19.9 Å². The minimum atomic E-state index is -2.70. The number of rotatable bonds is 5. The normalized spacial score (nSPS) is 11.6. The molecule has 2 heterocycles. The summed E-state index contributed by atoms with van der Waals surface area (Å²) in [5.74, 6) is -1.15. The molecule has 2 aromatic rings. The quantitative estimate of drug-likeness (QED) is 0.667. The number of hydrogen-bond acceptors (Lipinski definition) is 4. The van der Waals surface area contributed by atoms with Gasteiger partial charge in [0.15, 0.2) is 0 Å². The van der Waals surface area contributed by atoms with Gasteiger partial charge in [-0.1, -0.05) is 0 Å². The Morgan fingerprint density at radius 1 is 1.43 bits per heavy atom. The van der Waals surface area contributed by atoms with E-state index >= 15 is 0 Å². The largest absolute Gasteiger partial charge is 0.282 e. The van der Waals surface area contributed by atoms with E-state index in [9.17, 15) is 18.0 Å². The molecule has 2 aromatic heterocycles. The molecule has 0 saturated heterocycles. The molecule has 0 bridgehead atoms. The summed E-state index contributed by atoms with van der Waals surface area (Å²) in [5, 5.41) is 11.1. The van der Waals surface area contributed by atoms with Crippen molar-refractivity contribution in [2.45, 2.75) is 26.8 Å². The molecule has 0 aromatic carbocycles. The Bertz CT molecular complexity index is 749. The molecule has 0 atom stereocenters. The third-order valence-corrected chi connectivity index (χ3v) is 3.10. The predicted molar refractivity (Wildman–Crippen MR) is 75.6 cm³/mol. The van der Waals surface area contributed by atoms with Crippen LogP contribution in [0.15, 0.2) is 11.2 Å². The van der Waals surface area contributed by atoms with Crippen LogP contribution >= 0.6 is 0 Å². The average molecular weight is 328 g/mol. The zero-order valence-electron chi connectivity index (χ0n) is 12.7. The van der Waals surface area contributed by atoms with Crippen LogP contribution in [-0.2, 0) is 18.4 Å². The monoisotopic (exact) mass is 328 g/mol. The Hall–Kier alpha value is -2.65. The molecule has 2 rings (SSSR count). The molecule has 0 saturated carbocycles. The van der Waals surface area contributed by atoms with Crippen LogP contribution in [0.5, 0.6) is 0 Å². The van der Waals surface area contributed by atoms with Crippen molar-refractivity contribution in [2.24, 2.45) is 12.1 Å². The van der Waals surface area contributed by atoms with Gasteiger partial charge in [-0.3, -0.25) is 9.48 Å². The Morgan fingerprint density at radius 3 is 2.65 bits per heavy atom. The van der Waals surface area contributed by atoms with E-state index in [1.54, 1.807) is 13.8 Å². The van der Waals surface area contributed by atoms with Crippen molar-refractivity contribution in [1.29, 1.82) is 0 Å². The SMILES string of the molecule is Cc1nn(C)c(F)c1/C=N\NC(=O)Cn1nc(C(F)F)cc1C. The molecule has 0 spiro atoms. The Kier molecular flexibility index (Phi) is 4.82. The second-order valence-corrected chi connectivity index (χ2v) is 4.88. The summed E-state index contributed by atoms with van der Waals surface area (Å²) < 4.78 is 40.9. The molecule has 7 nitrogen and oxygen atoms in total. The Morgan fingerprint density at radius 2 is 2.13 bits per heavy atom. The van der Waals surface area contributed by atoms with Crippen molar-refractivity contribution in [1.82, 2.24) is 25.0 Å². The molecule has 0 aliphatic rings. The highest BCUT2D eigenvalue weighted by Gasteiger charge is 2.15. The Labute approximate surface area is 129 Å². The summed E-state index contributed by atoms with van der Waals surface area (Å²) in [6.07, 6.45) is -1.57. The van der Waals surface area contributed by atoms with E-state index in [2.05, 4.69) is 20.7 Å². The van der Waals surface area contributed by atoms with Crippen molar-refractivity contribution in [3.63, 3.8) is 0 Å². The third kappa shape index (κ3) is 3.76. The van der Waals surface area contributed by atoms with Crippen molar-refractivity contribution in [3.05, 3.63) is 34.7 Å². The van der Waals surface area contributed by atoms with Crippen LogP contribution in [-0.4, -0.2) is 31.7 Å². The summed E-state index contributed by atoms with van der Waals surface area (Å²) in [5.41, 5.74) is 2.79. The molecular weight excluding hydrogens is 313 g/mol. The molecule has 10 heteroatoms. The summed E-state index contributed by atoms with van der Waals surface area (Å²) in [7, 11) is 1.44. The molecule has 0 unspecified atom stereocenters. The lowest BCUT2D eigenvalue weighted by atomic mass is 10.3. The van der Waals surface area contributed by atoms with E-state index < -0.39 is 24.0 Å². The number of hydrogen-bond donors (Lipinski definition) is 1. The first kappa shape index (κ1) is 16.7. The zero-order valence-corrected chi connectivity index (χ0v) is 12.7. The van der Waals surface area contributed by atoms with Crippen molar-refractivity contribution in [2.75, 3.05) is 0 Å². The lowest BCUT2D eigenvalue weighted by Gasteiger charge is -2.02. The molecule has 1 amide bonds. The maximum Gasteiger partial charge on any atom is 0.282 e. The Balaban J connectivity index is 1.99. The van der Waals surface area contributed by atoms with Crippen LogP contribution < -0.4 is 5.43 Å². The number of carbonyl (C=O) groups is 1. The molecule has 0 fully saturated rings. The van der Waals surface area contributed by atoms with Crippen molar-refractivity contribution < 1.29 is 18.0 Å². The molecule has 1 N–H and O–H groups in total. The van der Waals surface area contributed by atoms with Gasteiger partial charge in [-0.25, -0.2) is 18.9 Å². The maximum absolute atomic E-state index is 13.6. The highest BCUT2D eigenvalue weighted by molar-refractivity contribution is 5.83. The molecule has 124 valence electrons. The molecule has 23 heavy (non-hydrogen) atoms. The zero-order chi connectivity index (χ0) is 17.1. The second-order valence-electron chi connectivity index (χ2n) is 4.88. The van der Waals surface area contributed by atoms with E-state index in [1.165, 1.54) is 13.1 Å². The average Bonchev–Trinajstić information content (AvgIpc) is 2.94. The van der Waals surface area contributed by atoms with Gasteiger partial charge in [0.05, 0.1) is 17.5 Å². The fourth-order valence-corrected chi connectivity index (χ4v) is 1.94. The summed E-state index contributed by atoms with van der Waals surface area (Å²) in [6.45, 7) is 2.89. The number of alkyl halides is 2.